The molecular formula is C25H28N2O. The average Bonchev–Trinajstić information content (AvgIpc) is 3.17. The summed E-state index contributed by atoms with van der Waals surface area (Å²) in [6.07, 6.45) is 10.5. The normalized spacial score (nSPS) is 26.1. The lowest BCUT2D eigenvalue weighted by atomic mass is 9.67. The number of piperidine rings is 1. The molecule has 3 heteroatoms. The molecule has 0 radical (unpaired) electrons. The van der Waals surface area contributed by atoms with E-state index in [1.807, 2.05) is 0 Å². The molecule has 3 atom stereocenters. The molecule has 6 rings (SSSR count). The maximum atomic E-state index is 6.16. The summed E-state index contributed by atoms with van der Waals surface area (Å²) in [7, 11) is 0. The van der Waals surface area contributed by atoms with Crippen molar-refractivity contribution < 1.29 is 4.74 Å². The van der Waals surface area contributed by atoms with Crippen LogP contribution >= 0.6 is 0 Å². The monoisotopic (exact) mass is 372 g/mol. The summed E-state index contributed by atoms with van der Waals surface area (Å²) in [5.41, 5.74) is 3.95. The highest BCUT2D eigenvalue weighted by molar-refractivity contribution is 5.83. The fraction of sp³-hybridized carbons (Fsp3) is 0.360. The molecule has 0 saturated carbocycles. The van der Waals surface area contributed by atoms with Crippen LogP contribution in [0.25, 0.3) is 10.9 Å². The Balaban J connectivity index is 1.27. The highest BCUT2D eigenvalue weighted by Crippen LogP contribution is 2.40. The fourth-order valence-electron chi connectivity index (χ4n) is 4.94. The number of nitrogens with one attached hydrogen (secondary N) is 2. The summed E-state index contributed by atoms with van der Waals surface area (Å²) >= 11 is 0. The molecule has 0 amide bonds. The number of ether oxygens (including phenoxy) is 1. The Bertz CT molecular complexity index is 961. The van der Waals surface area contributed by atoms with Crippen molar-refractivity contribution in [3.05, 3.63) is 84.1 Å². The summed E-state index contributed by atoms with van der Waals surface area (Å²) < 4.78 is 6.16. The minimum absolute atomic E-state index is 0.0593. The number of fused-ring (bicyclic) bond motifs is 3. The quantitative estimate of drug-likeness (QED) is 0.582. The Kier molecular flexibility index (Phi) is 4.79. The molecule has 2 N–H and O–H groups in total. The SMILES string of the molecule is C1=CC2(CCc3c[nH]c4ccccc34)NCC1CC2COCc1ccccc1. The molecule has 3 unspecified atom stereocenters. The minimum Gasteiger partial charge on any atom is -0.376 e. The Hall–Kier alpha value is -2.36. The fourth-order valence-corrected chi connectivity index (χ4v) is 4.94. The number of hydrogen-bond donors (Lipinski definition) is 2. The Morgan fingerprint density at radius 2 is 1.89 bits per heavy atom. The Morgan fingerprint density at radius 3 is 2.75 bits per heavy atom. The van der Waals surface area contributed by atoms with E-state index in [0.717, 1.165) is 26.0 Å². The lowest BCUT2D eigenvalue weighted by Crippen LogP contribution is -2.59. The summed E-state index contributed by atoms with van der Waals surface area (Å²) in [6.45, 7) is 2.61. The summed E-state index contributed by atoms with van der Waals surface area (Å²) in [5, 5.41) is 5.22. The van der Waals surface area contributed by atoms with Crippen molar-refractivity contribution in [2.45, 2.75) is 31.4 Å². The molecule has 3 heterocycles. The van der Waals surface area contributed by atoms with Crippen LogP contribution in [-0.2, 0) is 17.8 Å². The molecule has 144 valence electrons. The zero-order valence-corrected chi connectivity index (χ0v) is 16.2. The second-order valence-corrected chi connectivity index (χ2v) is 8.33. The highest BCUT2D eigenvalue weighted by Gasteiger charge is 2.43. The molecule has 1 aromatic heterocycles. The van der Waals surface area contributed by atoms with Gasteiger partial charge in [-0.05, 0) is 42.4 Å². The van der Waals surface area contributed by atoms with Gasteiger partial charge in [0.15, 0.2) is 0 Å². The third-order valence-electron chi connectivity index (χ3n) is 6.59. The standard InChI is InChI=1S/C25H28N2O/c1-2-6-19(7-3-1)17-28-18-22-14-20-10-12-25(22,27-15-20)13-11-21-16-26-24-9-5-4-8-23(21)24/h1-10,12,16,20,22,26-27H,11,13-15,17-18H2. The van der Waals surface area contributed by atoms with Gasteiger partial charge in [-0.15, -0.1) is 0 Å². The number of para-hydroxylation sites is 1. The van der Waals surface area contributed by atoms with E-state index in [9.17, 15) is 0 Å². The van der Waals surface area contributed by atoms with Crippen molar-refractivity contribution in [2.24, 2.45) is 11.8 Å². The van der Waals surface area contributed by atoms with Gasteiger partial charge in [-0.1, -0.05) is 60.7 Å². The van der Waals surface area contributed by atoms with Gasteiger partial charge < -0.3 is 15.0 Å². The largest absolute Gasteiger partial charge is 0.376 e. The van der Waals surface area contributed by atoms with Crippen molar-refractivity contribution in [2.75, 3.05) is 13.2 Å². The molecule has 1 fully saturated rings. The van der Waals surface area contributed by atoms with Crippen molar-refractivity contribution in [1.29, 1.82) is 0 Å². The number of benzene rings is 2. The molecule has 2 aromatic carbocycles. The maximum Gasteiger partial charge on any atom is 0.0717 e. The number of H-pyrrole nitrogens is 1. The van der Waals surface area contributed by atoms with E-state index in [4.69, 9.17) is 4.74 Å². The molecule has 1 aliphatic carbocycles. The van der Waals surface area contributed by atoms with E-state index >= 15 is 0 Å². The van der Waals surface area contributed by atoms with Crippen molar-refractivity contribution in [1.82, 2.24) is 10.3 Å². The molecule has 1 saturated heterocycles. The van der Waals surface area contributed by atoms with E-state index in [-0.39, 0.29) is 5.54 Å². The molecule has 2 bridgehead atoms. The molecule has 28 heavy (non-hydrogen) atoms. The van der Waals surface area contributed by atoms with Crippen LogP contribution in [0, 0.1) is 11.8 Å². The third kappa shape index (κ3) is 3.41. The van der Waals surface area contributed by atoms with Crippen LogP contribution in [0.5, 0.6) is 0 Å². The second kappa shape index (κ2) is 7.57. The van der Waals surface area contributed by atoms with Crippen LogP contribution < -0.4 is 5.32 Å². The van der Waals surface area contributed by atoms with E-state index in [1.165, 1.54) is 28.5 Å². The highest BCUT2D eigenvalue weighted by atomic mass is 16.5. The topological polar surface area (TPSA) is 37.0 Å². The first-order valence-electron chi connectivity index (χ1n) is 10.4. The van der Waals surface area contributed by atoms with Crippen molar-refractivity contribution in [3.63, 3.8) is 0 Å². The van der Waals surface area contributed by atoms with Gasteiger partial charge in [0.1, 0.15) is 0 Å². The predicted octanol–water partition coefficient (Wildman–Crippen LogP) is 4.85. The molecule has 0 spiro atoms. The van der Waals surface area contributed by atoms with Gasteiger partial charge in [0.05, 0.1) is 13.2 Å². The average molecular weight is 373 g/mol. The summed E-state index contributed by atoms with van der Waals surface area (Å²) in [6, 6.07) is 19.1. The lowest BCUT2D eigenvalue weighted by Gasteiger charge is -2.49. The van der Waals surface area contributed by atoms with E-state index < -0.39 is 0 Å². The van der Waals surface area contributed by atoms with Gasteiger partial charge in [0.2, 0.25) is 0 Å². The smallest absolute Gasteiger partial charge is 0.0717 e. The first kappa shape index (κ1) is 17.7. The van der Waals surface area contributed by atoms with Crippen LogP contribution in [0.15, 0.2) is 72.9 Å². The van der Waals surface area contributed by atoms with Crippen LogP contribution in [0.2, 0.25) is 0 Å². The van der Waals surface area contributed by atoms with Gasteiger partial charge in [-0.2, -0.15) is 0 Å². The zero-order chi connectivity index (χ0) is 18.8. The van der Waals surface area contributed by atoms with Crippen LogP contribution in [0.1, 0.15) is 24.0 Å². The van der Waals surface area contributed by atoms with Crippen molar-refractivity contribution in [3.8, 4) is 0 Å². The number of aromatic nitrogens is 1. The minimum atomic E-state index is 0.0593. The number of rotatable bonds is 7. The van der Waals surface area contributed by atoms with Gasteiger partial charge in [-0.25, -0.2) is 0 Å². The predicted molar refractivity (Wildman–Crippen MR) is 114 cm³/mol. The van der Waals surface area contributed by atoms with Crippen LogP contribution in [0.3, 0.4) is 0 Å². The number of aromatic amines is 1. The summed E-state index contributed by atoms with van der Waals surface area (Å²) in [4.78, 5) is 3.42. The first-order valence-corrected chi connectivity index (χ1v) is 10.4. The van der Waals surface area contributed by atoms with E-state index in [2.05, 4.69) is 83.2 Å². The van der Waals surface area contributed by atoms with E-state index in [1.54, 1.807) is 0 Å². The second-order valence-electron chi connectivity index (χ2n) is 8.33. The Labute approximate surface area is 166 Å². The first-order chi connectivity index (χ1) is 13.8. The molecule has 2 aliphatic heterocycles. The Morgan fingerprint density at radius 1 is 1.04 bits per heavy atom. The van der Waals surface area contributed by atoms with E-state index in [0.29, 0.717) is 18.4 Å². The van der Waals surface area contributed by atoms with Gasteiger partial charge in [0, 0.05) is 35.1 Å². The molecule has 3 aromatic rings. The van der Waals surface area contributed by atoms with Crippen LogP contribution in [0.4, 0.5) is 0 Å². The van der Waals surface area contributed by atoms with Crippen molar-refractivity contribution >= 4 is 10.9 Å². The van der Waals surface area contributed by atoms with Crippen LogP contribution in [-0.4, -0.2) is 23.7 Å². The number of aryl methyl sites for hydroxylation is 1. The van der Waals surface area contributed by atoms with Gasteiger partial charge >= 0.3 is 0 Å². The maximum absolute atomic E-state index is 6.16. The molecule has 3 aliphatic rings. The molecular weight excluding hydrogens is 344 g/mol. The lowest BCUT2D eigenvalue weighted by molar-refractivity contribution is 0.0262. The van der Waals surface area contributed by atoms with Gasteiger partial charge in [-0.3, -0.25) is 0 Å². The number of hydrogen-bond acceptors (Lipinski definition) is 2. The third-order valence-corrected chi connectivity index (χ3v) is 6.59. The summed E-state index contributed by atoms with van der Waals surface area (Å²) in [5.74, 6) is 1.19. The zero-order valence-electron chi connectivity index (χ0n) is 16.2. The van der Waals surface area contributed by atoms with Gasteiger partial charge in [0.25, 0.3) is 0 Å². The molecule has 3 nitrogen and oxygen atoms in total.